The zero-order valence-electron chi connectivity index (χ0n) is 10.2. The lowest BCUT2D eigenvalue weighted by molar-refractivity contribution is -0.117. The van der Waals surface area contributed by atoms with Gasteiger partial charge in [0.15, 0.2) is 0 Å². The van der Waals surface area contributed by atoms with Crippen LogP contribution in [0.1, 0.15) is 40.0 Å². The second kappa shape index (κ2) is 3.72. The van der Waals surface area contributed by atoms with E-state index in [-0.39, 0.29) is 5.54 Å². The van der Waals surface area contributed by atoms with Gasteiger partial charge in [-0.15, -0.1) is 0 Å². The van der Waals surface area contributed by atoms with Crippen LogP contribution in [0.2, 0.25) is 0 Å². The van der Waals surface area contributed by atoms with Crippen molar-refractivity contribution in [2.75, 3.05) is 19.6 Å². The first-order valence-corrected chi connectivity index (χ1v) is 6.13. The summed E-state index contributed by atoms with van der Waals surface area (Å²) in [4.78, 5) is 2.50. The summed E-state index contributed by atoms with van der Waals surface area (Å²) in [6, 6.07) is 0.354. The lowest BCUT2D eigenvalue weighted by Crippen LogP contribution is -2.72. The average Bonchev–Trinajstić information content (AvgIpc) is 2.13. The molecule has 0 saturated carbocycles. The number of likely N-dealkylation sites (tertiary alicyclic amines) is 1. The van der Waals surface area contributed by atoms with Crippen molar-refractivity contribution >= 4 is 0 Å². The van der Waals surface area contributed by atoms with Crippen molar-refractivity contribution < 1.29 is 5.11 Å². The molecule has 0 radical (unpaired) electrons. The van der Waals surface area contributed by atoms with E-state index in [9.17, 15) is 5.11 Å². The predicted octanol–water partition coefficient (Wildman–Crippen LogP) is 0.974. The van der Waals surface area contributed by atoms with Gasteiger partial charge in [-0.25, -0.2) is 0 Å². The molecule has 2 aliphatic heterocycles. The van der Waals surface area contributed by atoms with Gasteiger partial charge < -0.3 is 10.4 Å². The lowest BCUT2D eigenvalue weighted by atomic mass is 9.80. The predicted molar refractivity (Wildman–Crippen MR) is 61.9 cm³/mol. The highest BCUT2D eigenvalue weighted by atomic mass is 16.3. The van der Waals surface area contributed by atoms with E-state index in [1.807, 2.05) is 0 Å². The zero-order valence-corrected chi connectivity index (χ0v) is 10.2. The van der Waals surface area contributed by atoms with Crippen molar-refractivity contribution in [2.45, 2.75) is 57.2 Å². The Kier molecular flexibility index (Phi) is 2.82. The first kappa shape index (κ1) is 11.4. The number of aliphatic hydroxyl groups is 1. The van der Waals surface area contributed by atoms with E-state index in [0.29, 0.717) is 6.04 Å². The van der Waals surface area contributed by atoms with Crippen molar-refractivity contribution in [2.24, 2.45) is 0 Å². The number of hydrogen-bond donors (Lipinski definition) is 2. The maximum Gasteiger partial charge on any atom is 0.105 e. The number of nitrogens with zero attached hydrogens (tertiary/aromatic N) is 1. The molecule has 2 saturated heterocycles. The molecule has 0 aromatic rings. The first-order chi connectivity index (χ1) is 6.93. The standard InChI is InChI=1S/C12H24N2O/c1-11(2,3)14-7-5-4-6-10(14)12(15)8-13-9-12/h10,13,15H,4-9H2,1-3H3. The summed E-state index contributed by atoms with van der Waals surface area (Å²) in [6.07, 6.45) is 3.69. The lowest BCUT2D eigenvalue weighted by Gasteiger charge is -2.54. The highest BCUT2D eigenvalue weighted by molar-refractivity contribution is 5.05. The Hall–Kier alpha value is -0.120. The van der Waals surface area contributed by atoms with Crippen LogP contribution in [-0.2, 0) is 0 Å². The maximum absolute atomic E-state index is 10.5. The Balaban J connectivity index is 2.12. The van der Waals surface area contributed by atoms with Crippen LogP contribution in [-0.4, -0.2) is 46.8 Å². The Morgan fingerprint density at radius 1 is 1.27 bits per heavy atom. The molecule has 2 heterocycles. The normalized spacial score (nSPS) is 32.4. The van der Waals surface area contributed by atoms with E-state index in [1.165, 1.54) is 12.8 Å². The molecule has 2 N–H and O–H groups in total. The molecular weight excluding hydrogens is 188 g/mol. The van der Waals surface area contributed by atoms with Crippen molar-refractivity contribution in [3.8, 4) is 0 Å². The minimum Gasteiger partial charge on any atom is -0.386 e. The van der Waals surface area contributed by atoms with Crippen LogP contribution in [0, 0.1) is 0 Å². The van der Waals surface area contributed by atoms with Gasteiger partial charge in [0.05, 0.1) is 0 Å². The number of β-amino-alcohol motifs (C(OH)–C–C–N with tert-alkyl or cyclic N) is 1. The van der Waals surface area contributed by atoms with Crippen LogP contribution in [0.4, 0.5) is 0 Å². The van der Waals surface area contributed by atoms with E-state index >= 15 is 0 Å². The van der Waals surface area contributed by atoms with Crippen molar-refractivity contribution in [3.05, 3.63) is 0 Å². The molecule has 2 rings (SSSR count). The first-order valence-electron chi connectivity index (χ1n) is 6.13. The Bertz CT molecular complexity index is 230. The summed E-state index contributed by atoms with van der Waals surface area (Å²) in [5.41, 5.74) is -0.288. The van der Waals surface area contributed by atoms with Gasteiger partial charge in [-0.05, 0) is 40.2 Å². The monoisotopic (exact) mass is 212 g/mol. The maximum atomic E-state index is 10.5. The molecule has 0 bridgehead atoms. The summed E-state index contributed by atoms with van der Waals surface area (Å²) < 4.78 is 0. The van der Waals surface area contributed by atoms with Gasteiger partial charge in [-0.3, -0.25) is 4.90 Å². The molecule has 15 heavy (non-hydrogen) atoms. The fraction of sp³-hybridized carbons (Fsp3) is 1.00. The topological polar surface area (TPSA) is 35.5 Å². The second-order valence-electron chi connectivity index (χ2n) is 6.08. The fourth-order valence-corrected chi connectivity index (χ4v) is 2.91. The van der Waals surface area contributed by atoms with Crippen LogP contribution in [0.3, 0.4) is 0 Å². The molecule has 0 aliphatic carbocycles. The Morgan fingerprint density at radius 2 is 1.93 bits per heavy atom. The van der Waals surface area contributed by atoms with Crippen LogP contribution in [0.5, 0.6) is 0 Å². The van der Waals surface area contributed by atoms with Gasteiger partial charge in [0.2, 0.25) is 0 Å². The van der Waals surface area contributed by atoms with Crippen molar-refractivity contribution in [3.63, 3.8) is 0 Å². The summed E-state index contributed by atoms with van der Waals surface area (Å²) in [5.74, 6) is 0. The Labute approximate surface area is 92.8 Å². The minimum absolute atomic E-state index is 0.177. The molecule has 1 unspecified atom stereocenters. The quantitative estimate of drug-likeness (QED) is 0.680. The number of rotatable bonds is 1. The third-order valence-electron chi connectivity index (χ3n) is 3.85. The van der Waals surface area contributed by atoms with Crippen LogP contribution in [0.25, 0.3) is 0 Å². The number of nitrogens with one attached hydrogen (secondary N) is 1. The average molecular weight is 212 g/mol. The SMILES string of the molecule is CC(C)(C)N1CCCCC1C1(O)CNC1. The summed E-state index contributed by atoms with van der Waals surface area (Å²) in [5, 5.41) is 13.7. The molecule has 2 aliphatic rings. The van der Waals surface area contributed by atoms with Crippen LogP contribution < -0.4 is 5.32 Å². The summed E-state index contributed by atoms with van der Waals surface area (Å²) in [6.45, 7) is 9.42. The molecule has 2 fully saturated rings. The molecule has 0 aromatic carbocycles. The second-order valence-corrected chi connectivity index (χ2v) is 6.08. The van der Waals surface area contributed by atoms with Crippen LogP contribution >= 0.6 is 0 Å². The van der Waals surface area contributed by atoms with Crippen molar-refractivity contribution in [1.29, 1.82) is 0 Å². The Morgan fingerprint density at radius 3 is 2.40 bits per heavy atom. The highest BCUT2D eigenvalue weighted by Gasteiger charge is 2.48. The van der Waals surface area contributed by atoms with Gasteiger partial charge in [0, 0.05) is 24.7 Å². The highest BCUT2D eigenvalue weighted by Crippen LogP contribution is 2.33. The third kappa shape index (κ3) is 2.05. The minimum atomic E-state index is -0.465. The van der Waals surface area contributed by atoms with E-state index in [2.05, 4.69) is 31.0 Å². The van der Waals surface area contributed by atoms with Gasteiger partial charge in [0.25, 0.3) is 0 Å². The molecular formula is C12H24N2O. The van der Waals surface area contributed by atoms with Crippen molar-refractivity contribution in [1.82, 2.24) is 10.2 Å². The number of hydrogen-bond acceptors (Lipinski definition) is 3. The van der Waals surface area contributed by atoms with E-state index in [1.54, 1.807) is 0 Å². The smallest absolute Gasteiger partial charge is 0.105 e. The van der Waals surface area contributed by atoms with Gasteiger partial charge in [0.1, 0.15) is 5.60 Å². The van der Waals surface area contributed by atoms with Gasteiger partial charge in [-0.1, -0.05) is 6.42 Å². The molecule has 3 heteroatoms. The number of piperidine rings is 1. The summed E-state index contributed by atoms with van der Waals surface area (Å²) >= 11 is 0. The largest absolute Gasteiger partial charge is 0.386 e. The molecule has 3 nitrogen and oxygen atoms in total. The molecule has 88 valence electrons. The molecule has 0 spiro atoms. The molecule has 0 amide bonds. The van der Waals surface area contributed by atoms with Gasteiger partial charge in [-0.2, -0.15) is 0 Å². The molecule has 0 aromatic heterocycles. The zero-order chi connectivity index (χ0) is 11.1. The fourth-order valence-electron chi connectivity index (χ4n) is 2.91. The van der Waals surface area contributed by atoms with Gasteiger partial charge >= 0.3 is 0 Å². The van der Waals surface area contributed by atoms with E-state index < -0.39 is 5.60 Å². The summed E-state index contributed by atoms with van der Waals surface area (Å²) in [7, 11) is 0. The molecule has 1 atom stereocenters. The van der Waals surface area contributed by atoms with Crippen LogP contribution in [0.15, 0.2) is 0 Å². The third-order valence-corrected chi connectivity index (χ3v) is 3.85. The van der Waals surface area contributed by atoms with E-state index in [0.717, 1.165) is 26.1 Å². The van der Waals surface area contributed by atoms with E-state index in [4.69, 9.17) is 0 Å².